The van der Waals surface area contributed by atoms with Crippen molar-refractivity contribution >= 4 is 22.9 Å². The van der Waals surface area contributed by atoms with Gasteiger partial charge >= 0.3 is 5.97 Å². The number of fused-ring (bicyclic) bond motifs is 1. The summed E-state index contributed by atoms with van der Waals surface area (Å²) in [5, 5.41) is 21.2. The van der Waals surface area contributed by atoms with Crippen LogP contribution in [0.4, 0.5) is 4.39 Å². The SMILES string of the molecule is Cn1c(=O)c(C(=O)NCC(=O)O)c(O)c2cc(-c3ccnc(F)c3)cnc21. The van der Waals surface area contributed by atoms with Crippen molar-refractivity contribution in [1.29, 1.82) is 0 Å². The summed E-state index contributed by atoms with van der Waals surface area (Å²) in [5.74, 6) is -3.67. The molecule has 3 aromatic heterocycles. The Balaban J connectivity index is 2.20. The summed E-state index contributed by atoms with van der Waals surface area (Å²) in [7, 11) is 1.36. The fraction of sp³-hybridized carbons (Fsp3) is 0.118. The van der Waals surface area contributed by atoms with Crippen molar-refractivity contribution in [3.8, 4) is 16.9 Å². The Morgan fingerprint density at radius 2 is 2.00 bits per heavy atom. The molecule has 3 N–H and O–H groups in total. The molecule has 1 amide bonds. The van der Waals surface area contributed by atoms with Crippen molar-refractivity contribution < 1.29 is 24.2 Å². The zero-order chi connectivity index (χ0) is 19.7. The Morgan fingerprint density at radius 3 is 2.67 bits per heavy atom. The number of pyridine rings is 3. The molecule has 3 aromatic rings. The van der Waals surface area contributed by atoms with E-state index in [1.54, 1.807) is 0 Å². The molecule has 0 aromatic carbocycles. The summed E-state index contributed by atoms with van der Waals surface area (Å²) in [6.07, 6.45) is 2.65. The van der Waals surface area contributed by atoms with Gasteiger partial charge in [-0.3, -0.25) is 19.0 Å². The molecule has 0 unspecified atom stereocenters. The fourth-order valence-electron chi connectivity index (χ4n) is 2.59. The quantitative estimate of drug-likeness (QED) is 0.573. The molecule has 27 heavy (non-hydrogen) atoms. The Bertz CT molecular complexity index is 1140. The molecule has 0 spiro atoms. The van der Waals surface area contributed by atoms with Crippen LogP contribution in [0.3, 0.4) is 0 Å². The van der Waals surface area contributed by atoms with Crippen LogP contribution in [0.5, 0.6) is 5.75 Å². The molecular weight excluding hydrogens is 359 g/mol. The van der Waals surface area contributed by atoms with Gasteiger partial charge in [0, 0.05) is 31.1 Å². The fourth-order valence-corrected chi connectivity index (χ4v) is 2.59. The number of halogens is 1. The number of carbonyl (C=O) groups is 2. The number of amides is 1. The number of aromatic hydroxyl groups is 1. The molecule has 0 atom stereocenters. The Morgan fingerprint density at radius 1 is 1.26 bits per heavy atom. The third-order valence-electron chi connectivity index (χ3n) is 3.88. The van der Waals surface area contributed by atoms with Crippen LogP contribution in [-0.4, -0.2) is 43.2 Å². The molecular formula is C17H13FN4O5. The second kappa shape index (κ2) is 6.83. The van der Waals surface area contributed by atoms with E-state index < -0.39 is 41.2 Å². The van der Waals surface area contributed by atoms with Gasteiger partial charge in [-0.25, -0.2) is 9.97 Å². The standard InChI is InChI=1S/C17H13FN4O5/c1-22-15-10(4-9(6-20-15)8-2-3-19-11(18)5-8)14(25)13(17(22)27)16(26)21-7-12(23)24/h2-6,25H,7H2,1H3,(H,21,26)(H,23,24). The second-order valence-electron chi connectivity index (χ2n) is 5.63. The van der Waals surface area contributed by atoms with E-state index in [0.29, 0.717) is 11.1 Å². The highest BCUT2D eigenvalue weighted by atomic mass is 19.1. The molecule has 138 valence electrons. The van der Waals surface area contributed by atoms with E-state index in [9.17, 15) is 23.9 Å². The van der Waals surface area contributed by atoms with E-state index in [1.165, 1.54) is 37.6 Å². The van der Waals surface area contributed by atoms with Crippen molar-refractivity contribution in [3.63, 3.8) is 0 Å². The lowest BCUT2D eigenvalue weighted by Crippen LogP contribution is -2.35. The molecule has 0 bridgehead atoms. The van der Waals surface area contributed by atoms with Crippen LogP contribution in [-0.2, 0) is 11.8 Å². The maximum absolute atomic E-state index is 13.4. The number of aryl methyl sites for hydroxylation is 1. The van der Waals surface area contributed by atoms with Gasteiger partial charge in [0.15, 0.2) is 0 Å². The van der Waals surface area contributed by atoms with Gasteiger partial charge in [-0.15, -0.1) is 0 Å². The summed E-state index contributed by atoms with van der Waals surface area (Å²) >= 11 is 0. The first kappa shape index (κ1) is 18.0. The molecule has 0 saturated carbocycles. The normalized spacial score (nSPS) is 10.7. The topological polar surface area (TPSA) is 134 Å². The van der Waals surface area contributed by atoms with Gasteiger partial charge in [0.2, 0.25) is 5.95 Å². The van der Waals surface area contributed by atoms with Crippen LogP contribution >= 0.6 is 0 Å². The van der Waals surface area contributed by atoms with E-state index in [0.717, 1.165) is 4.57 Å². The highest BCUT2D eigenvalue weighted by Gasteiger charge is 2.22. The second-order valence-corrected chi connectivity index (χ2v) is 5.63. The molecule has 0 fully saturated rings. The molecule has 3 rings (SSSR count). The number of rotatable bonds is 4. The average molecular weight is 372 g/mol. The largest absolute Gasteiger partial charge is 0.506 e. The lowest BCUT2D eigenvalue weighted by atomic mass is 10.1. The van der Waals surface area contributed by atoms with Gasteiger partial charge in [-0.05, 0) is 17.7 Å². The van der Waals surface area contributed by atoms with Crippen molar-refractivity contribution in [2.45, 2.75) is 0 Å². The number of aromatic nitrogens is 3. The zero-order valence-electron chi connectivity index (χ0n) is 13.9. The van der Waals surface area contributed by atoms with Gasteiger partial charge in [-0.1, -0.05) is 0 Å². The van der Waals surface area contributed by atoms with Crippen LogP contribution in [0, 0.1) is 5.95 Å². The van der Waals surface area contributed by atoms with Crippen LogP contribution in [0.25, 0.3) is 22.2 Å². The first-order chi connectivity index (χ1) is 12.8. The summed E-state index contributed by atoms with van der Waals surface area (Å²) in [6.45, 7) is -0.714. The third-order valence-corrected chi connectivity index (χ3v) is 3.88. The zero-order valence-corrected chi connectivity index (χ0v) is 13.9. The van der Waals surface area contributed by atoms with Gasteiger partial charge in [0.25, 0.3) is 11.5 Å². The van der Waals surface area contributed by atoms with E-state index in [2.05, 4.69) is 9.97 Å². The Hall–Kier alpha value is -3.82. The molecule has 0 saturated heterocycles. The first-order valence-electron chi connectivity index (χ1n) is 7.63. The molecule has 0 aliphatic carbocycles. The highest BCUT2D eigenvalue weighted by molar-refractivity contribution is 6.03. The summed E-state index contributed by atoms with van der Waals surface area (Å²) in [6, 6.07) is 4.15. The van der Waals surface area contributed by atoms with E-state index in [4.69, 9.17) is 5.11 Å². The molecule has 3 heterocycles. The number of carboxylic acids is 1. The van der Waals surface area contributed by atoms with Gasteiger partial charge < -0.3 is 15.5 Å². The number of nitrogens with one attached hydrogen (secondary N) is 1. The minimum atomic E-state index is -1.30. The molecule has 10 heteroatoms. The molecule has 0 radical (unpaired) electrons. The highest BCUT2D eigenvalue weighted by Crippen LogP contribution is 2.29. The number of hydrogen-bond donors (Lipinski definition) is 3. The Labute approximate surface area is 150 Å². The molecule has 9 nitrogen and oxygen atoms in total. The summed E-state index contributed by atoms with van der Waals surface area (Å²) in [5.41, 5.74) is -0.480. The number of hydrogen-bond acceptors (Lipinski definition) is 6. The van der Waals surface area contributed by atoms with E-state index >= 15 is 0 Å². The predicted octanol–water partition coefficient (Wildman–Crippen LogP) is 0.655. The maximum atomic E-state index is 13.4. The Kier molecular flexibility index (Phi) is 4.55. The number of nitrogens with zero attached hydrogens (tertiary/aromatic N) is 3. The summed E-state index contributed by atoms with van der Waals surface area (Å²) in [4.78, 5) is 42.7. The monoisotopic (exact) mass is 372 g/mol. The van der Waals surface area contributed by atoms with E-state index in [1.807, 2.05) is 5.32 Å². The van der Waals surface area contributed by atoms with Crippen molar-refractivity contribution in [2.24, 2.45) is 7.05 Å². The first-order valence-corrected chi connectivity index (χ1v) is 7.63. The van der Waals surface area contributed by atoms with Crippen molar-refractivity contribution in [3.05, 3.63) is 52.5 Å². The maximum Gasteiger partial charge on any atom is 0.322 e. The van der Waals surface area contributed by atoms with Gasteiger partial charge in [0.05, 0.1) is 5.39 Å². The lowest BCUT2D eigenvalue weighted by molar-refractivity contribution is -0.135. The minimum Gasteiger partial charge on any atom is -0.506 e. The van der Waals surface area contributed by atoms with Crippen molar-refractivity contribution in [1.82, 2.24) is 19.9 Å². The predicted molar refractivity (Wildman–Crippen MR) is 91.8 cm³/mol. The number of carboxylic acid groups (broad SMARTS) is 1. The van der Waals surface area contributed by atoms with Crippen LogP contribution in [0.1, 0.15) is 10.4 Å². The minimum absolute atomic E-state index is 0.0762. The number of carbonyl (C=O) groups excluding carboxylic acids is 1. The van der Waals surface area contributed by atoms with Crippen LogP contribution in [0.2, 0.25) is 0 Å². The van der Waals surface area contributed by atoms with Crippen LogP contribution < -0.4 is 10.9 Å². The lowest BCUT2D eigenvalue weighted by Gasteiger charge is -2.12. The molecule has 0 aliphatic rings. The number of aliphatic carboxylic acids is 1. The van der Waals surface area contributed by atoms with Gasteiger partial charge in [0.1, 0.15) is 23.5 Å². The average Bonchev–Trinajstić information content (AvgIpc) is 2.64. The van der Waals surface area contributed by atoms with E-state index in [-0.39, 0.29) is 11.0 Å². The summed E-state index contributed by atoms with van der Waals surface area (Å²) < 4.78 is 14.4. The molecule has 0 aliphatic heterocycles. The van der Waals surface area contributed by atoms with Crippen molar-refractivity contribution in [2.75, 3.05) is 6.54 Å². The van der Waals surface area contributed by atoms with Crippen LogP contribution in [0.15, 0.2) is 35.4 Å². The smallest absolute Gasteiger partial charge is 0.322 e. The van der Waals surface area contributed by atoms with Gasteiger partial charge in [-0.2, -0.15) is 4.39 Å². The third kappa shape index (κ3) is 3.32.